The Hall–Kier alpha value is -2.56. The first-order chi connectivity index (χ1) is 11.3. The molecule has 3 rings (SSSR count). The second-order valence-electron chi connectivity index (χ2n) is 5.35. The molecule has 0 saturated carbocycles. The summed E-state index contributed by atoms with van der Waals surface area (Å²) >= 11 is 0. The molecular weight excluding hydrogens is 292 g/mol. The lowest BCUT2D eigenvalue weighted by atomic mass is 10.2. The van der Waals surface area contributed by atoms with Gasteiger partial charge >= 0.3 is 0 Å². The second-order valence-corrected chi connectivity index (χ2v) is 5.35. The van der Waals surface area contributed by atoms with Gasteiger partial charge in [-0.05, 0) is 31.0 Å². The smallest absolute Gasteiger partial charge is 0.285 e. The molecule has 3 aromatic rings. The zero-order valence-corrected chi connectivity index (χ0v) is 13.4. The van der Waals surface area contributed by atoms with Crippen molar-refractivity contribution in [3.8, 4) is 11.5 Å². The number of hydrogen-bond acceptors (Lipinski definition) is 4. The predicted molar refractivity (Wildman–Crippen MR) is 89.8 cm³/mol. The van der Waals surface area contributed by atoms with Crippen LogP contribution in [0.5, 0.6) is 11.5 Å². The summed E-state index contributed by atoms with van der Waals surface area (Å²) in [6, 6.07) is 10.9. The highest BCUT2D eigenvalue weighted by atomic mass is 16.5. The van der Waals surface area contributed by atoms with E-state index < -0.39 is 0 Å². The molecule has 0 unspecified atom stereocenters. The van der Waals surface area contributed by atoms with Crippen molar-refractivity contribution >= 4 is 22.1 Å². The van der Waals surface area contributed by atoms with Crippen molar-refractivity contribution in [3.05, 3.63) is 41.6 Å². The fourth-order valence-corrected chi connectivity index (χ4v) is 2.49. The molecule has 0 N–H and O–H groups in total. The number of rotatable bonds is 6. The summed E-state index contributed by atoms with van der Waals surface area (Å²) in [5, 5.41) is 12.8. The molecule has 0 aliphatic rings. The summed E-state index contributed by atoms with van der Waals surface area (Å²) in [7, 11) is 0. The number of benzene rings is 2. The Morgan fingerprint density at radius 1 is 0.957 bits per heavy atom. The van der Waals surface area contributed by atoms with Gasteiger partial charge in [0.1, 0.15) is 5.52 Å². The van der Waals surface area contributed by atoms with Crippen molar-refractivity contribution < 1.29 is 14.2 Å². The largest absolute Gasteiger partial charge is 0.618 e. The van der Waals surface area contributed by atoms with Crippen molar-refractivity contribution in [2.24, 2.45) is 0 Å². The topological polar surface area (TPSA) is 58.3 Å². The first-order valence-corrected chi connectivity index (χ1v) is 7.96. The van der Waals surface area contributed by atoms with E-state index in [4.69, 9.17) is 9.47 Å². The highest BCUT2D eigenvalue weighted by Crippen LogP contribution is 2.27. The van der Waals surface area contributed by atoms with Gasteiger partial charge in [-0.3, -0.25) is 0 Å². The van der Waals surface area contributed by atoms with Crippen LogP contribution in [-0.4, -0.2) is 18.2 Å². The highest BCUT2D eigenvalue weighted by Gasteiger charge is 2.19. The lowest BCUT2D eigenvalue weighted by Crippen LogP contribution is -2.29. The molecule has 23 heavy (non-hydrogen) atoms. The number of ether oxygens (including phenoxy) is 2. The minimum atomic E-state index is 0.459. The Morgan fingerprint density at radius 2 is 1.61 bits per heavy atom. The molecule has 0 bridgehead atoms. The van der Waals surface area contributed by atoms with E-state index in [0.29, 0.717) is 46.8 Å². The molecule has 0 spiro atoms. The van der Waals surface area contributed by atoms with Crippen LogP contribution in [0.15, 0.2) is 36.4 Å². The van der Waals surface area contributed by atoms with Gasteiger partial charge in [0, 0.05) is 6.07 Å². The summed E-state index contributed by atoms with van der Waals surface area (Å²) < 4.78 is 12.3. The Balaban J connectivity index is 2.22. The Bertz CT molecular complexity index is 833. The molecule has 0 amide bonds. The minimum Gasteiger partial charge on any atom is -0.618 e. The Labute approximate surface area is 135 Å². The summed E-state index contributed by atoms with van der Waals surface area (Å²) in [5.74, 6) is 1.20. The molecule has 2 aromatic carbocycles. The zero-order valence-electron chi connectivity index (χ0n) is 13.4. The summed E-state index contributed by atoms with van der Waals surface area (Å²) in [6.07, 6.45) is 1.78. The van der Waals surface area contributed by atoms with Gasteiger partial charge < -0.3 is 14.7 Å². The standard InChI is InChI=1S/C18H20N2O3/c1-3-11-22-15-9-6-8-14-17(15)19-13-7-5-10-16(23-12-4-2)18(13)20(14)21/h5-10H,3-4,11-12H2,1-2H3. The Kier molecular flexibility index (Phi) is 4.46. The molecule has 120 valence electrons. The maximum atomic E-state index is 12.8. The van der Waals surface area contributed by atoms with Crippen LogP contribution < -0.4 is 14.2 Å². The molecule has 1 heterocycles. The normalized spacial score (nSPS) is 11.0. The van der Waals surface area contributed by atoms with Crippen molar-refractivity contribution in [2.75, 3.05) is 13.2 Å². The fourth-order valence-electron chi connectivity index (χ4n) is 2.49. The molecule has 0 radical (unpaired) electrons. The lowest BCUT2D eigenvalue weighted by molar-refractivity contribution is -0.548. The monoisotopic (exact) mass is 312 g/mol. The maximum absolute atomic E-state index is 12.8. The van der Waals surface area contributed by atoms with E-state index in [2.05, 4.69) is 4.98 Å². The fraction of sp³-hybridized carbons (Fsp3) is 0.333. The molecule has 5 heteroatoms. The van der Waals surface area contributed by atoms with Crippen molar-refractivity contribution in [2.45, 2.75) is 26.7 Å². The van der Waals surface area contributed by atoms with Crippen LogP contribution in [0.2, 0.25) is 0 Å². The van der Waals surface area contributed by atoms with Crippen LogP contribution in [0.3, 0.4) is 0 Å². The molecular formula is C18H20N2O3. The maximum Gasteiger partial charge on any atom is 0.285 e. The first-order valence-electron chi connectivity index (χ1n) is 7.96. The third-order valence-electron chi connectivity index (χ3n) is 3.53. The van der Waals surface area contributed by atoms with Gasteiger partial charge in [-0.1, -0.05) is 26.0 Å². The van der Waals surface area contributed by atoms with Crippen LogP contribution in [0.4, 0.5) is 0 Å². The van der Waals surface area contributed by atoms with Crippen LogP contribution >= 0.6 is 0 Å². The molecule has 0 saturated heterocycles. The van der Waals surface area contributed by atoms with E-state index in [1.165, 1.54) is 0 Å². The van der Waals surface area contributed by atoms with Crippen LogP contribution in [-0.2, 0) is 0 Å². The number of hydrogen-bond donors (Lipinski definition) is 0. The molecule has 0 atom stereocenters. The van der Waals surface area contributed by atoms with Crippen molar-refractivity contribution in [1.29, 1.82) is 0 Å². The van der Waals surface area contributed by atoms with Gasteiger partial charge in [0.25, 0.3) is 5.52 Å². The highest BCUT2D eigenvalue weighted by molar-refractivity contribution is 5.88. The third-order valence-corrected chi connectivity index (χ3v) is 3.53. The zero-order chi connectivity index (χ0) is 16.2. The third kappa shape index (κ3) is 2.86. The van der Waals surface area contributed by atoms with Gasteiger partial charge in [0.05, 0.1) is 13.2 Å². The van der Waals surface area contributed by atoms with E-state index >= 15 is 0 Å². The van der Waals surface area contributed by atoms with Crippen LogP contribution in [0, 0.1) is 5.21 Å². The Morgan fingerprint density at radius 3 is 2.35 bits per heavy atom. The summed E-state index contributed by atoms with van der Waals surface area (Å²) in [5.41, 5.74) is 2.13. The second kappa shape index (κ2) is 6.69. The van der Waals surface area contributed by atoms with E-state index in [9.17, 15) is 5.21 Å². The van der Waals surface area contributed by atoms with Gasteiger partial charge in [-0.25, -0.2) is 4.98 Å². The number of para-hydroxylation sites is 2. The average molecular weight is 312 g/mol. The van der Waals surface area contributed by atoms with Gasteiger partial charge in [-0.15, -0.1) is 0 Å². The summed E-state index contributed by atoms with van der Waals surface area (Å²) in [6.45, 7) is 5.23. The van der Waals surface area contributed by atoms with Gasteiger partial charge in [0.2, 0.25) is 5.52 Å². The van der Waals surface area contributed by atoms with Crippen LogP contribution in [0.1, 0.15) is 26.7 Å². The molecule has 0 fully saturated rings. The number of fused-ring (bicyclic) bond motifs is 2. The van der Waals surface area contributed by atoms with Crippen LogP contribution in [0.25, 0.3) is 22.1 Å². The van der Waals surface area contributed by atoms with Crippen molar-refractivity contribution in [1.82, 2.24) is 4.98 Å². The van der Waals surface area contributed by atoms with Crippen molar-refractivity contribution in [3.63, 3.8) is 0 Å². The first kappa shape index (κ1) is 15.3. The predicted octanol–water partition coefficient (Wildman–Crippen LogP) is 3.60. The minimum absolute atomic E-state index is 0.459. The SMILES string of the molecule is CCCOc1cccc2c1nc1cccc(OCCC)c1[n+]2[O-]. The quantitative estimate of drug-likeness (QED) is 0.396. The average Bonchev–Trinajstić information content (AvgIpc) is 2.58. The number of aromatic nitrogens is 2. The van der Waals surface area contributed by atoms with E-state index in [1.54, 1.807) is 12.1 Å². The van der Waals surface area contributed by atoms with E-state index in [0.717, 1.165) is 17.6 Å². The van der Waals surface area contributed by atoms with E-state index in [1.807, 2.05) is 38.1 Å². The lowest BCUT2D eigenvalue weighted by Gasteiger charge is -2.12. The molecule has 0 aliphatic carbocycles. The summed E-state index contributed by atoms with van der Waals surface area (Å²) in [4.78, 5) is 4.63. The number of nitrogens with zero attached hydrogens (tertiary/aromatic N) is 2. The molecule has 5 nitrogen and oxygen atoms in total. The molecule has 1 aromatic heterocycles. The van der Waals surface area contributed by atoms with Gasteiger partial charge in [0.15, 0.2) is 17.0 Å². The molecule has 0 aliphatic heterocycles. The van der Waals surface area contributed by atoms with Gasteiger partial charge in [-0.2, -0.15) is 4.73 Å². The van der Waals surface area contributed by atoms with E-state index in [-0.39, 0.29) is 0 Å².